The molecule has 2 heterocycles. The number of aliphatic carboxylic acids is 1. The fraction of sp³-hybridized carbons (Fsp3) is 0.562. The Hall–Kier alpha value is -2.11. The van der Waals surface area contributed by atoms with Gasteiger partial charge in [0.2, 0.25) is 0 Å². The van der Waals surface area contributed by atoms with E-state index >= 15 is 0 Å². The van der Waals surface area contributed by atoms with E-state index in [1.54, 1.807) is 17.3 Å². The van der Waals surface area contributed by atoms with Gasteiger partial charge in [-0.15, -0.1) is 0 Å². The molecule has 0 spiro atoms. The molecule has 2 amide bonds. The molecular weight excluding hydrogens is 282 g/mol. The molecule has 1 aliphatic carbocycles. The molecule has 118 valence electrons. The number of aryl methyl sites for hydroxylation is 1. The van der Waals surface area contributed by atoms with E-state index in [1.807, 2.05) is 13.0 Å². The van der Waals surface area contributed by atoms with Gasteiger partial charge in [0.25, 0.3) is 0 Å². The van der Waals surface area contributed by atoms with E-state index in [0.717, 1.165) is 24.0 Å². The van der Waals surface area contributed by atoms with E-state index in [-0.39, 0.29) is 11.9 Å². The van der Waals surface area contributed by atoms with Gasteiger partial charge >= 0.3 is 12.0 Å². The zero-order valence-corrected chi connectivity index (χ0v) is 12.7. The number of aromatic nitrogens is 1. The van der Waals surface area contributed by atoms with Gasteiger partial charge in [-0.3, -0.25) is 9.78 Å². The molecule has 2 N–H and O–H groups in total. The highest BCUT2D eigenvalue weighted by Crippen LogP contribution is 2.48. The van der Waals surface area contributed by atoms with Crippen molar-refractivity contribution in [2.75, 3.05) is 13.1 Å². The van der Waals surface area contributed by atoms with E-state index in [4.69, 9.17) is 0 Å². The normalized spacial score (nSPS) is 26.8. The number of pyridine rings is 1. The zero-order chi connectivity index (χ0) is 15.7. The van der Waals surface area contributed by atoms with Crippen LogP contribution in [0.3, 0.4) is 0 Å². The fourth-order valence-electron chi connectivity index (χ4n) is 3.76. The highest BCUT2D eigenvalue weighted by molar-refractivity contribution is 5.80. The molecule has 2 fully saturated rings. The largest absolute Gasteiger partial charge is 0.481 e. The van der Waals surface area contributed by atoms with Gasteiger partial charge in [0.1, 0.15) is 0 Å². The summed E-state index contributed by atoms with van der Waals surface area (Å²) >= 11 is 0. The second-order valence-corrected chi connectivity index (χ2v) is 6.39. The van der Waals surface area contributed by atoms with E-state index in [0.29, 0.717) is 26.1 Å². The SMILES string of the molecule is Cc1ccncc1CNC(=O)N1C[C@@H]2CCC[C@@]2(C(=O)O)C1. The van der Waals surface area contributed by atoms with Gasteiger partial charge in [0.05, 0.1) is 5.41 Å². The number of carbonyl (C=O) groups is 2. The summed E-state index contributed by atoms with van der Waals surface area (Å²) in [6, 6.07) is 1.72. The number of fused-ring (bicyclic) bond motifs is 1. The number of amides is 2. The van der Waals surface area contributed by atoms with Crippen LogP contribution in [0, 0.1) is 18.3 Å². The van der Waals surface area contributed by atoms with Crippen molar-refractivity contribution in [2.45, 2.75) is 32.7 Å². The minimum atomic E-state index is -0.756. The molecule has 6 nitrogen and oxygen atoms in total. The van der Waals surface area contributed by atoms with Crippen LogP contribution in [0.5, 0.6) is 0 Å². The van der Waals surface area contributed by atoms with Gasteiger partial charge in [0, 0.05) is 32.0 Å². The first-order valence-electron chi connectivity index (χ1n) is 7.68. The molecule has 0 unspecified atom stereocenters. The molecule has 1 saturated heterocycles. The highest BCUT2D eigenvalue weighted by Gasteiger charge is 2.55. The van der Waals surface area contributed by atoms with Crippen LogP contribution >= 0.6 is 0 Å². The Labute approximate surface area is 129 Å². The molecule has 2 atom stereocenters. The molecule has 0 bridgehead atoms. The molecule has 6 heteroatoms. The summed E-state index contributed by atoms with van der Waals surface area (Å²) in [7, 11) is 0. The van der Waals surface area contributed by atoms with Gasteiger partial charge < -0.3 is 15.3 Å². The van der Waals surface area contributed by atoms with E-state index in [1.165, 1.54) is 0 Å². The van der Waals surface area contributed by atoms with Crippen molar-refractivity contribution in [1.29, 1.82) is 0 Å². The first-order valence-corrected chi connectivity index (χ1v) is 7.68. The third-order valence-electron chi connectivity index (χ3n) is 5.16. The molecule has 1 saturated carbocycles. The topological polar surface area (TPSA) is 82.5 Å². The summed E-state index contributed by atoms with van der Waals surface area (Å²) in [6.07, 6.45) is 5.99. The summed E-state index contributed by atoms with van der Waals surface area (Å²) in [4.78, 5) is 29.7. The standard InChI is InChI=1S/C16H21N3O3/c1-11-4-6-17-7-12(11)8-18-15(22)19-9-13-3-2-5-16(13,10-19)14(20)21/h4,6-7,13H,2-3,5,8-10H2,1H3,(H,18,22)(H,20,21)/t13-,16+/m0/s1. The van der Waals surface area contributed by atoms with Crippen molar-refractivity contribution < 1.29 is 14.7 Å². The summed E-state index contributed by atoms with van der Waals surface area (Å²) in [5, 5.41) is 12.4. The second kappa shape index (κ2) is 5.59. The third kappa shape index (κ3) is 2.42. The first-order chi connectivity index (χ1) is 10.5. The van der Waals surface area contributed by atoms with Crippen LogP contribution in [0.4, 0.5) is 4.79 Å². The molecule has 3 rings (SSSR count). The second-order valence-electron chi connectivity index (χ2n) is 6.39. The van der Waals surface area contributed by atoms with Crippen LogP contribution in [-0.4, -0.2) is 40.1 Å². The van der Waals surface area contributed by atoms with E-state index in [2.05, 4.69) is 10.3 Å². The number of likely N-dealkylation sites (tertiary alicyclic amines) is 1. The van der Waals surface area contributed by atoms with Crippen LogP contribution in [0.25, 0.3) is 0 Å². The van der Waals surface area contributed by atoms with E-state index in [9.17, 15) is 14.7 Å². The maximum absolute atomic E-state index is 12.3. The van der Waals surface area contributed by atoms with Crippen molar-refractivity contribution in [3.63, 3.8) is 0 Å². The number of carboxylic acid groups (broad SMARTS) is 1. The Morgan fingerprint density at radius 3 is 3.05 bits per heavy atom. The van der Waals surface area contributed by atoms with Crippen molar-refractivity contribution in [1.82, 2.24) is 15.2 Å². The van der Waals surface area contributed by atoms with Crippen LogP contribution < -0.4 is 5.32 Å². The summed E-state index contributed by atoms with van der Waals surface area (Å²) < 4.78 is 0. The molecular formula is C16H21N3O3. The summed E-state index contributed by atoms with van der Waals surface area (Å²) in [5.74, 6) is -0.663. The number of carbonyl (C=O) groups excluding carboxylic acids is 1. The van der Waals surface area contributed by atoms with Gasteiger partial charge in [0.15, 0.2) is 0 Å². The van der Waals surface area contributed by atoms with Crippen LogP contribution in [-0.2, 0) is 11.3 Å². The predicted molar refractivity (Wildman–Crippen MR) is 80.2 cm³/mol. The molecule has 1 aliphatic heterocycles. The number of nitrogens with one attached hydrogen (secondary N) is 1. The molecule has 0 aromatic carbocycles. The third-order valence-corrected chi connectivity index (χ3v) is 5.16. The smallest absolute Gasteiger partial charge is 0.317 e. The summed E-state index contributed by atoms with van der Waals surface area (Å²) in [6.45, 7) is 3.26. The van der Waals surface area contributed by atoms with Crippen LogP contribution in [0.2, 0.25) is 0 Å². The lowest BCUT2D eigenvalue weighted by Crippen LogP contribution is -2.41. The van der Waals surface area contributed by atoms with E-state index < -0.39 is 11.4 Å². The minimum Gasteiger partial charge on any atom is -0.481 e. The average Bonchev–Trinajstić information content (AvgIpc) is 3.04. The molecule has 22 heavy (non-hydrogen) atoms. The first kappa shape index (κ1) is 14.8. The number of hydrogen-bond donors (Lipinski definition) is 2. The highest BCUT2D eigenvalue weighted by atomic mass is 16.4. The van der Waals surface area contributed by atoms with Gasteiger partial charge in [-0.25, -0.2) is 4.79 Å². The predicted octanol–water partition coefficient (Wildman–Crippen LogP) is 1.79. The molecule has 1 aromatic heterocycles. The Kier molecular flexibility index (Phi) is 3.76. The Bertz CT molecular complexity index is 604. The van der Waals surface area contributed by atoms with Crippen molar-refractivity contribution >= 4 is 12.0 Å². The monoisotopic (exact) mass is 303 g/mol. The number of carboxylic acids is 1. The molecule has 1 aromatic rings. The van der Waals surface area contributed by atoms with Crippen molar-refractivity contribution in [3.05, 3.63) is 29.6 Å². The maximum Gasteiger partial charge on any atom is 0.317 e. The van der Waals surface area contributed by atoms with Crippen molar-refractivity contribution in [2.24, 2.45) is 11.3 Å². The van der Waals surface area contributed by atoms with Gasteiger partial charge in [-0.1, -0.05) is 6.42 Å². The van der Waals surface area contributed by atoms with Crippen molar-refractivity contribution in [3.8, 4) is 0 Å². The number of rotatable bonds is 3. The fourth-order valence-corrected chi connectivity index (χ4v) is 3.76. The number of hydrogen-bond acceptors (Lipinski definition) is 3. The molecule has 0 radical (unpaired) electrons. The van der Waals surface area contributed by atoms with Gasteiger partial charge in [-0.2, -0.15) is 0 Å². The Morgan fingerprint density at radius 1 is 1.55 bits per heavy atom. The average molecular weight is 303 g/mol. The summed E-state index contributed by atoms with van der Waals surface area (Å²) in [5.41, 5.74) is 1.33. The zero-order valence-electron chi connectivity index (χ0n) is 12.7. The Balaban J connectivity index is 1.63. The molecule has 2 aliphatic rings. The lowest BCUT2D eigenvalue weighted by atomic mass is 9.81. The maximum atomic E-state index is 12.3. The van der Waals surface area contributed by atoms with Crippen LogP contribution in [0.1, 0.15) is 30.4 Å². The number of nitrogens with zero attached hydrogens (tertiary/aromatic N) is 2. The Morgan fingerprint density at radius 2 is 2.36 bits per heavy atom. The lowest BCUT2D eigenvalue weighted by molar-refractivity contribution is -0.149. The quantitative estimate of drug-likeness (QED) is 0.892. The van der Waals surface area contributed by atoms with Gasteiger partial charge in [-0.05, 0) is 42.9 Å². The number of urea groups is 1. The minimum absolute atomic E-state index is 0.0934. The van der Waals surface area contributed by atoms with Crippen LogP contribution in [0.15, 0.2) is 18.5 Å². The lowest BCUT2D eigenvalue weighted by Gasteiger charge is -2.23.